The summed E-state index contributed by atoms with van der Waals surface area (Å²) in [5, 5.41) is -0.171. The Bertz CT molecular complexity index is 561. The molecular weight excluding hydrogens is 204 g/mol. The van der Waals surface area contributed by atoms with E-state index in [4.69, 9.17) is 0 Å². The van der Waals surface area contributed by atoms with E-state index in [0.717, 1.165) is 5.70 Å². The van der Waals surface area contributed by atoms with Crippen molar-refractivity contribution in [2.24, 2.45) is 4.99 Å². The van der Waals surface area contributed by atoms with E-state index >= 15 is 0 Å². The number of rotatable bonds is 0. The Morgan fingerprint density at radius 3 is 3.21 bits per heavy atom. The van der Waals surface area contributed by atoms with Gasteiger partial charge < -0.3 is 0 Å². The number of aromatic amines is 1. The van der Waals surface area contributed by atoms with Gasteiger partial charge in [-0.1, -0.05) is 11.8 Å². The lowest BCUT2D eigenvalue weighted by Crippen LogP contribution is -2.31. The molecule has 2 aliphatic heterocycles. The molecule has 1 aromatic heterocycles. The summed E-state index contributed by atoms with van der Waals surface area (Å²) in [5.74, 6) is 0. The fourth-order valence-corrected chi connectivity index (χ4v) is 2.54. The summed E-state index contributed by atoms with van der Waals surface area (Å²) in [7, 11) is 0. The van der Waals surface area contributed by atoms with Gasteiger partial charge in [-0.05, 0) is 6.08 Å². The zero-order valence-electron chi connectivity index (χ0n) is 7.01. The molecule has 6 nitrogen and oxygen atoms in total. The number of aliphatic imine (C=N–C) groups is 1. The predicted molar refractivity (Wildman–Crippen MR) is 52.5 cm³/mol. The second-order valence-corrected chi connectivity index (χ2v) is 3.94. The van der Waals surface area contributed by atoms with Crippen molar-refractivity contribution >= 4 is 17.3 Å². The topological polar surface area (TPSA) is 72.2 Å². The van der Waals surface area contributed by atoms with Crippen molar-refractivity contribution in [3.05, 3.63) is 32.7 Å². The standard InChI is InChI=1S/C7H6N4O2S/c12-6-9-7(13)11-5-4(8-3-14-5)1-2-10(6)11/h1,3,5H,2H2,(H,9,12,13). The minimum Gasteiger partial charge on any atom is -0.256 e. The van der Waals surface area contributed by atoms with Crippen molar-refractivity contribution in [2.75, 3.05) is 0 Å². The fourth-order valence-electron chi connectivity index (χ4n) is 1.62. The normalized spacial score (nSPS) is 23.1. The Kier molecular flexibility index (Phi) is 1.41. The number of nitrogens with zero attached hydrogens (tertiary/aromatic N) is 3. The number of aromatic nitrogens is 3. The molecule has 0 saturated heterocycles. The largest absolute Gasteiger partial charge is 0.345 e. The Balaban J connectivity index is 2.29. The third-order valence-corrected chi connectivity index (χ3v) is 3.18. The minimum absolute atomic E-state index is 0.171. The van der Waals surface area contributed by atoms with Crippen molar-refractivity contribution in [3.63, 3.8) is 0 Å². The van der Waals surface area contributed by atoms with Crippen molar-refractivity contribution in [1.29, 1.82) is 0 Å². The molecule has 0 fully saturated rings. The predicted octanol–water partition coefficient (Wildman–Crippen LogP) is -0.491. The average Bonchev–Trinajstić information content (AvgIpc) is 2.71. The molecule has 0 aromatic carbocycles. The van der Waals surface area contributed by atoms with Crippen LogP contribution < -0.4 is 11.4 Å². The maximum Gasteiger partial charge on any atom is 0.345 e. The summed E-state index contributed by atoms with van der Waals surface area (Å²) < 4.78 is 2.80. The molecule has 1 aromatic rings. The van der Waals surface area contributed by atoms with Gasteiger partial charge >= 0.3 is 11.4 Å². The maximum absolute atomic E-state index is 11.4. The highest BCUT2D eigenvalue weighted by atomic mass is 32.2. The SMILES string of the molecule is O=c1[nH]c(=O)n2n1CC=C1N=CSC12. The fraction of sp³-hybridized carbons (Fsp3) is 0.286. The summed E-state index contributed by atoms with van der Waals surface area (Å²) in [6.07, 6.45) is 1.86. The van der Waals surface area contributed by atoms with Crippen molar-refractivity contribution in [2.45, 2.75) is 11.9 Å². The van der Waals surface area contributed by atoms with Crippen LogP contribution in [-0.4, -0.2) is 19.9 Å². The lowest BCUT2D eigenvalue weighted by molar-refractivity contribution is 0.461. The summed E-state index contributed by atoms with van der Waals surface area (Å²) in [6, 6.07) is 0. The molecular formula is C7H6N4O2S. The molecule has 0 aliphatic carbocycles. The van der Waals surface area contributed by atoms with E-state index in [1.54, 1.807) is 5.55 Å². The van der Waals surface area contributed by atoms with Crippen LogP contribution in [-0.2, 0) is 6.54 Å². The number of nitrogens with one attached hydrogen (secondary N) is 1. The van der Waals surface area contributed by atoms with Crippen LogP contribution in [0, 0.1) is 0 Å². The van der Waals surface area contributed by atoms with Crippen LogP contribution in [0.25, 0.3) is 0 Å². The van der Waals surface area contributed by atoms with E-state index in [0.29, 0.717) is 6.54 Å². The first-order valence-electron chi connectivity index (χ1n) is 4.07. The van der Waals surface area contributed by atoms with Gasteiger partial charge in [0.2, 0.25) is 0 Å². The molecule has 0 bridgehead atoms. The lowest BCUT2D eigenvalue weighted by Gasteiger charge is -2.18. The van der Waals surface area contributed by atoms with Gasteiger partial charge in [0.05, 0.1) is 17.8 Å². The molecule has 3 rings (SSSR count). The van der Waals surface area contributed by atoms with Crippen LogP contribution in [0.3, 0.4) is 0 Å². The molecule has 1 atom stereocenters. The third kappa shape index (κ3) is 0.844. The highest BCUT2D eigenvalue weighted by Crippen LogP contribution is 2.35. The Labute approximate surface area is 81.9 Å². The Hall–Kier alpha value is -1.50. The zero-order chi connectivity index (χ0) is 9.71. The number of hydrogen-bond acceptors (Lipinski definition) is 4. The molecule has 0 saturated carbocycles. The minimum atomic E-state index is -0.372. The molecule has 7 heteroatoms. The molecule has 0 spiro atoms. The number of allylic oxidation sites excluding steroid dienone is 1. The highest BCUT2D eigenvalue weighted by Gasteiger charge is 2.28. The summed E-state index contributed by atoms with van der Waals surface area (Å²) in [4.78, 5) is 29.1. The third-order valence-electron chi connectivity index (χ3n) is 2.26. The van der Waals surface area contributed by atoms with Gasteiger partial charge in [0.15, 0.2) is 0 Å². The second-order valence-electron chi connectivity index (χ2n) is 3.01. The lowest BCUT2D eigenvalue weighted by atomic mass is 10.3. The molecule has 1 unspecified atom stereocenters. The van der Waals surface area contributed by atoms with Gasteiger partial charge in [-0.15, -0.1) is 0 Å². The summed E-state index contributed by atoms with van der Waals surface area (Å²) >= 11 is 1.42. The highest BCUT2D eigenvalue weighted by molar-refractivity contribution is 8.12. The van der Waals surface area contributed by atoms with Crippen LogP contribution in [0.5, 0.6) is 0 Å². The van der Waals surface area contributed by atoms with Gasteiger partial charge in [-0.3, -0.25) is 9.98 Å². The van der Waals surface area contributed by atoms with Gasteiger partial charge in [-0.25, -0.2) is 19.0 Å². The molecule has 0 radical (unpaired) electrons. The number of thioether (sulfide) groups is 1. The maximum atomic E-state index is 11.4. The molecule has 1 N–H and O–H groups in total. The van der Waals surface area contributed by atoms with Gasteiger partial charge in [-0.2, -0.15) is 0 Å². The monoisotopic (exact) mass is 210 g/mol. The van der Waals surface area contributed by atoms with Gasteiger partial charge in [0.25, 0.3) is 0 Å². The van der Waals surface area contributed by atoms with Crippen LogP contribution >= 0.6 is 11.8 Å². The number of H-pyrrole nitrogens is 1. The number of fused-ring (bicyclic) bond motifs is 3. The van der Waals surface area contributed by atoms with E-state index in [1.807, 2.05) is 6.08 Å². The van der Waals surface area contributed by atoms with E-state index in [9.17, 15) is 9.59 Å². The quantitative estimate of drug-likeness (QED) is 0.628. The van der Waals surface area contributed by atoms with Crippen molar-refractivity contribution < 1.29 is 0 Å². The van der Waals surface area contributed by atoms with Crippen molar-refractivity contribution in [1.82, 2.24) is 14.3 Å². The van der Waals surface area contributed by atoms with E-state index in [2.05, 4.69) is 9.98 Å². The van der Waals surface area contributed by atoms with Crippen LogP contribution in [0.4, 0.5) is 0 Å². The summed E-state index contributed by atoms with van der Waals surface area (Å²) in [6.45, 7) is 0.404. The molecule has 3 heterocycles. The van der Waals surface area contributed by atoms with Crippen LogP contribution in [0.2, 0.25) is 0 Å². The van der Waals surface area contributed by atoms with E-state index in [1.165, 1.54) is 21.1 Å². The average molecular weight is 210 g/mol. The summed E-state index contributed by atoms with van der Waals surface area (Å²) in [5.41, 5.74) is 1.80. The Morgan fingerprint density at radius 2 is 2.36 bits per heavy atom. The first-order valence-corrected chi connectivity index (χ1v) is 5.01. The van der Waals surface area contributed by atoms with Crippen LogP contribution in [0.15, 0.2) is 26.4 Å². The molecule has 14 heavy (non-hydrogen) atoms. The zero-order valence-corrected chi connectivity index (χ0v) is 7.82. The second kappa shape index (κ2) is 2.50. The van der Waals surface area contributed by atoms with Crippen LogP contribution in [0.1, 0.15) is 5.37 Å². The molecule has 2 aliphatic rings. The molecule has 0 amide bonds. The van der Waals surface area contributed by atoms with E-state index in [-0.39, 0.29) is 16.8 Å². The first-order chi connectivity index (χ1) is 6.77. The van der Waals surface area contributed by atoms with E-state index < -0.39 is 0 Å². The van der Waals surface area contributed by atoms with Gasteiger partial charge in [0, 0.05) is 0 Å². The smallest absolute Gasteiger partial charge is 0.256 e. The molecule has 72 valence electrons. The van der Waals surface area contributed by atoms with Gasteiger partial charge in [0.1, 0.15) is 5.37 Å². The first kappa shape index (κ1) is 7.86. The van der Waals surface area contributed by atoms with Crippen molar-refractivity contribution in [3.8, 4) is 0 Å². The Morgan fingerprint density at radius 1 is 1.50 bits per heavy atom. The number of hydrogen-bond donors (Lipinski definition) is 1.